The summed E-state index contributed by atoms with van der Waals surface area (Å²) in [4.78, 5) is 0. The lowest BCUT2D eigenvalue weighted by Gasteiger charge is -2.18. The third-order valence-corrected chi connectivity index (χ3v) is 2.51. The molecule has 0 amide bonds. The predicted octanol–water partition coefficient (Wildman–Crippen LogP) is 1.39. The molecule has 1 rings (SSSR count). The zero-order valence-corrected chi connectivity index (χ0v) is 10.7. The fourth-order valence-corrected chi connectivity index (χ4v) is 1.78. The molecule has 0 aromatic carbocycles. The van der Waals surface area contributed by atoms with Gasteiger partial charge in [-0.1, -0.05) is 13.8 Å². The van der Waals surface area contributed by atoms with E-state index in [2.05, 4.69) is 40.2 Å². The van der Waals surface area contributed by atoms with Gasteiger partial charge in [-0.2, -0.15) is 5.10 Å². The van der Waals surface area contributed by atoms with Crippen LogP contribution >= 0.6 is 15.9 Å². The van der Waals surface area contributed by atoms with Gasteiger partial charge >= 0.3 is 0 Å². The van der Waals surface area contributed by atoms with E-state index in [1.807, 2.05) is 10.9 Å². The average molecular weight is 276 g/mol. The molecule has 86 valence electrons. The van der Waals surface area contributed by atoms with E-state index in [1.165, 1.54) is 0 Å². The van der Waals surface area contributed by atoms with Crippen molar-refractivity contribution >= 4 is 15.9 Å². The van der Waals surface area contributed by atoms with Crippen molar-refractivity contribution in [2.45, 2.75) is 38.9 Å². The smallest absolute Gasteiger partial charge is 0.0632 e. The molecule has 0 fully saturated rings. The molecular formula is C10H18BrN3O. The maximum Gasteiger partial charge on any atom is 0.0632 e. The van der Waals surface area contributed by atoms with Crippen LogP contribution in [0.15, 0.2) is 16.9 Å². The van der Waals surface area contributed by atoms with Crippen LogP contribution in [0.25, 0.3) is 0 Å². The van der Waals surface area contributed by atoms with Crippen LogP contribution in [0.3, 0.4) is 0 Å². The molecule has 1 aromatic rings. The van der Waals surface area contributed by atoms with Gasteiger partial charge in [0.15, 0.2) is 0 Å². The Morgan fingerprint density at radius 3 is 2.80 bits per heavy atom. The lowest BCUT2D eigenvalue weighted by molar-refractivity contribution is 0.222. The molecule has 1 aromatic heterocycles. The van der Waals surface area contributed by atoms with Crippen LogP contribution in [-0.4, -0.2) is 33.6 Å². The van der Waals surface area contributed by atoms with Gasteiger partial charge in [0.25, 0.3) is 0 Å². The molecule has 1 atom stereocenters. The number of hydrogen-bond acceptors (Lipinski definition) is 3. The normalized spacial score (nSPS) is 13.4. The van der Waals surface area contributed by atoms with Gasteiger partial charge in [0, 0.05) is 24.8 Å². The molecule has 2 N–H and O–H groups in total. The van der Waals surface area contributed by atoms with Gasteiger partial charge in [-0.25, -0.2) is 0 Å². The molecule has 1 heterocycles. The first kappa shape index (κ1) is 12.7. The highest BCUT2D eigenvalue weighted by Crippen LogP contribution is 2.07. The summed E-state index contributed by atoms with van der Waals surface area (Å²) in [7, 11) is 0. The first-order valence-corrected chi connectivity index (χ1v) is 5.96. The number of rotatable bonds is 6. The molecular weight excluding hydrogens is 258 g/mol. The Balaban J connectivity index is 2.34. The fourth-order valence-electron chi connectivity index (χ4n) is 1.45. The minimum Gasteiger partial charge on any atom is -0.395 e. The third kappa shape index (κ3) is 4.77. The largest absolute Gasteiger partial charge is 0.395 e. The number of nitrogens with one attached hydrogen (secondary N) is 1. The fraction of sp³-hybridized carbons (Fsp3) is 0.700. The second kappa shape index (κ2) is 6.25. The molecule has 5 heteroatoms. The molecule has 0 aliphatic carbocycles. The molecule has 0 spiro atoms. The zero-order valence-electron chi connectivity index (χ0n) is 9.15. The number of aliphatic hydroxyl groups is 1. The monoisotopic (exact) mass is 275 g/mol. The molecule has 0 radical (unpaired) electrons. The van der Waals surface area contributed by atoms with Gasteiger partial charge in [-0.3, -0.25) is 4.68 Å². The van der Waals surface area contributed by atoms with E-state index in [1.54, 1.807) is 6.20 Å². The molecule has 0 saturated carbocycles. The van der Waals surface area contributed by atoms with Crippen molar-refractivity contribution in [2.24, 2.45) is 0 Å². The van der Waals surface area contributed by atoms with E-state index >= 15 is 0 Å². The van der Waals surface area contributed by atoms with Crippen LogP contribution in [0.2, 0.25) is 0 Å². The lowest BCUT2D eigenvalue weighted by atomic mass is 10.2. The summed E-state index contributed by atoms with van der Waals surface area (Å²) < 4.78 is 2.86. The number of aromatic nitrogens is 2. The summed E-state index contributed by atoms with van der Waals surface area (Å²) >= 11 is 3.35. The minimum atomic E-state index is 0.146. The number of hydrogen-bond donors (Lipinski definition) is 2. The molecule has 0 aliphatic rings. The minimum absolute atomic E-state index is 0.146. The highest BCUT2D eigenvalue weighted by molar-refractivity contribution is 9.10. The van der Waals surface area contributed by atoms with Crippen LogP contribution in [0.1, 0.15) is 20.3 Å². The Labute approximate surface area is 98.8 Å². The second-order valence-corrected chi connectivity index (χ2v) is 4.83. The van der Waals surface area contributed by atoms with Crippen molar-refractivity contribution in [3.05, 3.63) is 16.9 Å². The Bertz CT molecular complexity index is 288. The lowest BCUT2D eigenvalue weighted by Crippen LogP contribution is -2.38. The van der Waals surface area contributed by atoms with Gasteiger partial charge in [0.05, 0.1) is 17.3 Å². The van der Waals surface area contributed by atoms with E-state index in [4.69, 9.17) is 5.11 Å². The van der Waals surface area contributed by atoms with Crippen molar-refractivity contribution < 1.29 is 5.11 Å². The van der Waals surface area contributed by atoms with Gasteiger partial charge in [0.1, 0.15) is 0 Å². The Hall–Kier alpha value is -0.390. The van der Waals surface area contributed by atoms with Crippen molar-refractivity contribution in [2.75, 3.05) is 6.61 Å². The highest BCUT2D eigenvalue weighted by atomic mass is 79.9. The number of aryl methyl sites for hydroxylation is 1. The molecule has 0 saturated heterocycles. The maximum atomic E-state index is 9.16. The molecule has 0 aliphatic heterocycles. The molecule has 0 bridgehead atoms. The van der Waals surface area contributed by atoms with E-state index in [-0.39, 0.29) is 12.6 Å². The highest BCUT2D eigenvalue weighted by Gasteiger charge is 2.08. The van der Waals surface area contributed by atoms with Gasteiger partial charge in [-0.05, 0) is 22.4 Å². The summed E-state index contributed by atoms with van der Waals surface area (Å²) in [6, 6.07) is 0.541. The van der Waals surface area contributed by atoms with Crippen LogP contribution in [0.5, 0.6) is 0 Å². The Kier molecular flexibility index (Phi) is 5.28. The third-order valence-electron chi connectivity index (χ3n) is 2.10. The first-order valence-electron chi connectivity index (χ1n) is 5.16. The SMILES string of the molecule is CC(C)NC(CO)CCn1cc(Br)cn1. The van der Waals surface area contributed by atoms with Gasteiger partial charge < -0.3 is 10.4 Å². The summed E-state index contributed by atoms with van der Waals surface area (Å²) in [5, 5.41) is 16.6. The number of aliphatic hydroxyl groups excluding tert-OH is 1. The summed E-state index contributed by atoms with van der Waals surface area (Å²) in [6.45, 7) is 5.14. The van der Waals surface area contributed by atoms with Crippen LogP contribution in [0, 0.1) is 0 Å². The van der Waals surface area contributed by atoms with Crippen LogP contribution in [-0.2, 0) is 6.54 Å². The van der Waals surface area contributed by atoms with Crippen molar-refractivity contribution in [3.8, 4) is 0 Å². The average Bonchev–Trinajstić information content (AvgIpc) is 2.58. The zero-order chi connectivity index (χ0) is 11.3. The van der Waals surface area contributed by atoms with Crippen LogP contribution < -0.4 is 5.32 Å². The van der Waals surface area contributed by atoms with E-state index in [0.717, 1.165) is 17.4 Å². The quantitative estimate of drug-likeness (QED) is 0.825. The van der Waals surface area contributed by atoms with Crippen molar-refractivity contribution in [1.29, 1.82) is 0 Å². The molecule has 15 heavy (non-hydrogen) atoms. The topological polar surface area (TPSA) is 50.1 Å². The molecule has 4 nitrogen and oxygen atoms in total. The summed E-state index contributed by atoms with van der Waals surface area (Å²) in [6.07, 6.45) is 4.58. The van der Waals surface area contributed by atoms with Crippen molar-refractivity contribution in [1.82, 2.24) is 15.1 Å². The summed E-state index contributed by atoms with van der Waals surface area (Å²) in [5.41, 5.74) is 0. The maximum absolute atomic E-state index is 9.16. The molecule has 1 unspecified atom stereocenters. The number of nitrogens with zero attached hydrogens (tertiary/aromatic N) is 2. The predicted molar refractivity (Wildman–Crippen MR) is 63.7 cm³/mol. The number of halogens is 1. The Morgan fingerprint density at radius 1 is 1.60 bits per heavy atom. The standard InChI is InChI=1S/C10H18BrN3O/c1-8(2)13-10(7-15)3-4-14-6-9(11)5-12-14/h5-6,8,10,13,15H,3-4,7H2,1-2H3. The van der Waals surface area contributed by atoms with E-state index < -0.39 is 0 Å². The Morgan fingerprint density at radius 2 is 2.33 bits per heavy atom. The van der Waals surface area contributed by atoms with Crippen LogP contribution in [0.4, 0.5) is 0 Å². The summed E-state index contributed by atoms with van der Waals surface area (Å²) in [5.74, 6) is 0. The van der Waals surface area contributed by atoms with Crippen molar-refractivity contribution in [3.63, 3.8) is 0 Å². The second-order valence-electron chi connectivity index (χ2n) is 3.91. The van der Waals surface area contributed by atoms with Gasteiger partial charge in [0.2, 0.25) is 0 Å². The van der Waals surface area contributed by atoms with Gasteiger partial charge in [-0.15, -0.1) is 0 Å². The first-order chi connectivity index (χ1) is 7.11. The van der Waals surface area contributed by atoms with E-state index in [0.29, 0.717) is 6.04 Å². The van der Waals surface area contributed by atoms with E-state index in [9.17, 15) is 0 Å².